The van der Waals surface area contributed by atoms with Gasteiger partial charge in [-0.15, -0.1) is 0 Å². The smallest absolute Gasteiger partial charge is 0.0789 e. The van der Waals surface area contributed by atoms with Gasteiger partial charge in [0.1, 0.15) is 0 Å². The normalized spacial score (nSPS) is 38.8. The molecule has 0 amide bonds. The van der Waals surface area contributed by atoms with Crippen molar-refractivity contribution < 1.29 is 14.9 Å². The van der Waals surface area contributed by atoms with Gasteiger partial charge in [-0.1, -0.05) is 38.2 Å². The fourth-order valence-electron chi connectivity index (χ4n) is 6.37. The van der Waals surface area contributed by atoms with Crippen LogP contribution in [0, 0.1) is 23.2 Å². The first-order chi connectivity index (χ1) is 14.0. The van der Waals surface area contributed by atoms with Gasteiger partial charge in [-0.3, -0.25) is 0 Å². The lowest BCUT2D eigenvalue weighted by Gasteiger charge is -2.44. The molecule has 6 atom stereocenters. The standard InChI is InChI=1S/C27H44O3/c1-18-16-22(19(2)25(28)17-18)10-9-21-8-7-13-27(6)23(11-12-24(21)27)20(3)30-15-14-26(4,5)29/h9-10,18,20,23-25,28-29H,2,7-8,11-17H2,1,3-6H3/b21-9+,22-10+/t18-,20+,23-,24+,25+,27-/m1/s1. The van der Waals surface area contributed by atoms with Gasteiger partial charge >= 0.3 is 0 Å². The van der Waals surface area contributed by atoms with Gasteiger partial charge in [-0.05, 0) is 106 Å². The molecule has 0 radical (unpaired) electrons. The Balaban J connectivity index is 1.70. The molecule has 3 aliphatic carbocycles. The molecule has 3 rings (SSSR count). The van der Waals surface area contributed by atoms with E-state index < -0.39 is 5.60 Å². The molecule has 0 saturated heterocycles. The lowest BCUT2D eigenvalue weighted by atomic mass is 9.62. The van der Waals surface area contributed by atoms with Crippen molar-refractivity contribution in [1.29, 1.82) is 0 Å². The summed E-state index contributed by atoms with van der Waals surface area (Å²) >= 11 is 0. The van der Waals surface area contributed by atoms with E-state index in [4.69, 9.17) is 4.74 Å². The van der Waals surface area contributed by atoms with Crippen LogP contribution in [-0.4, -0.2) is 34.6 Å². The van der Waals surface area contributed by atoms with Crippen molar-refractivity contribution in [2.75, 3.05) is 6.61 Å². The maximum atomic E-state index is 10.3. The average molecular weight is 417 g/mol. The lowest BCUT2D eigenvalue weighted by molar-refractivity contribution is -0.0454. The van der Waals surface area contributed by atoms with Crippen molar-refractivity contribution in [3.63, 3.8) is 0 Å². The third-order valence-corrected chi connectivity index (χ3v) is 8.21. The zero-order valence-corrected chi connectivity index (χ0v) is 19.9. The van der Waals surface area contributed by atoms with Crippen LogP contribution in [0.5, 0.6) is 0 Å². The topological polar surface area (TPSA) is 49.7 Å². The molecule has 3 heteroatoms. The van der Waals surface area contributed by atoms with E-state index in [1.165, 1.54) is 37.7 Å². The first-order valence-electron chi connectivity index (χ1n) is 12.1. The number of allylic oxidation sites excluding steroid dienone is 3. The molecule has 0 aromatic rings. The Kier molecular flexibility index (Phi) is 7.37. The second-order valence-electron chi connectivity index (χ2n) is 11.3. The minimum Gasteiger partial charge on any atom is -0.390 e. The highest BCUT2D eigenvalue weighted by Gasteiger charge is 2.51. The molecule has 0 bridgehead atoms. The molecule has 0 aliphatic heterocycles. The molecule has 3 saturated carbocycles. The molecule has 3 nitrogen and oxygen atoms in total. The summed E-state index contributed by atoms with van der Waals surface area (Å²) in [5.74, 6) is 1.73. The Labute approximate surface area is 184 Å². The minimum atomic E-state index is -0.662. The van der Waals surface area contributed by atoms with Crippen molar-refractivity contribution in [2.24, 2.45) is 23.2 Å². The van der Waals surface area contributed by atoms with Crippen LogP contribution in [-0.2, 0) is 4.74 Å². The predicted octanol–water partition coefficient (Wildman–Crippen LogP) is 5.97. The third-order valence-electron chi connectivity index (χ3n) is 8.21. The predicted molar refractivity (Wildman–Crippen MR) is 124 cm³/mol. The summed E-state index contributed by atoms with van der Waals surface area (Å²) < 4.78 is 6.21. The van der Waals surface area contributed by atoms with Crippen LogP contribution >= 0.6 is 0 Å². The highest BCUT2D eigenvalue weighted by Crippen LogP contribution is 2.58. The van der Waals surface area contributed by atoms with Gasteiger partial charge in [0.2, 0.25) is 0 Å². The summed E-state index contributed by atoms with van der Waals surface area (Å²) in [6, 6.07) is 0. The number of fused-ring (bicyclic) bond motifs is 1. The van der Waals surface area contributed by atoms with Crippen molar-refractivity contribution >= 4 is 0 Å². The molecule has 30 heavy (non-hydrogen) atoms. The molecule has 0 spiro atoms. The summed E-state index contributed by atoms with van der Waals surface area (Å²) in [5, 5.41) is 20.2. The van der Waals surface area contributed by atoms with E-state index in [-0.39, 0.29) is 12.2 Å². The fraction of sp³-hybridized carbons (Fsp3) is 0.778. The van der Waals surface area contributed by atoms with E-state index in [1.54, 1.807) is 5.57 Å². The van der Waals surface area contributed by atoms with Gasteiger partial charge in [0.05, 0.1) is 17.8 Å². The second kappa shape index (κ2) is 9.30. The Morgan fingerprint density at radius 3 is 2.73 bits per heavy atom. The van der Waals surface area contributed by atoms with Crippen molar-refractivity contribution in [1.82, 2.24) is 0 Å². The quantitative estimate of drug-likeness (QED) is 0.561. The SMILES string of the molecule is C=C1/C(=C/C=C2\CCC[C@]3(C)[C@@H]([C@H](C)OCCC(C)(C)O)CC[C@@H]23)C[C@@H](C)C[C@@H]1O. The molecular formula is C27H44O3. The minimum absolute atomic E-state index is 0.231. The first-order valence-corrected chi connectivity index (χ1v) is 12.1. The first kappa shape index (κ1) is 23.8. The molecule has 2 N–H and O–H groups in total. The molecule has 3 fully saturated rings. The Hall–Kier alpha value is -0.900. The number of aliphatic hydroxyl groups excluding tert-OH is 1. The zero-order valence-electron chi connectivity index (χ0n) is 19.9. The van der Waals surface area contributed by atoms with Gasteiger partial charge < -0.3 is 14.9 Å². The van der Waals surface area contributed by atoms with Crippen LogP contribution in [0.1, 0.15) is 86.0 Å². The van der Waals surface area contributed by atoms with Crippen LogP contribution in [0.15, 0.2) is 35.5 Å². The largest absolute Gasteiger partial charge is 0.390 e. The van der Waals surface area contributed by atoms with Gasteiger partial charge in [0.25, 0.3) is 0 Å². The number of hydrogen-bond acceptors (Lipinski definition) is 3. The zero-order chi connectivity index (χ0) is 22.1. The second-order valence-corrected chi connectivity index (χ2v) is 11.3. The van der Waals surface area contributed by atoms with Crippen molar-refractivity contribution in [3.05, 3.63) is 35.5 Å². The number of aliphatic hydroxyl groups is 2. The summed E-state index contributed by atoms with van der Waals surface area (Å²) in [7, 11) is 0. The summed E-state index contributed by atoms with van der Waals surface area (Å²) in [6.07, 6.45) is 13.2. The van der Waals surface area contributed by atoms with Crippen LogP contribution in [0.3, 0.4) is 0 Å². The maximum absolute atomic E-state index is 10.3. The summed E-state index contributed by atoms with van der Waals surface area (Å²) in [5.41, 5.74) is 3.38. The molecule has 0 unspecified atom stereocenters. The number of hydrogen-bond donors (Lipinski definition) is 2. The highest BCUT2D eigenvalue weighted by molar-refractivity contribution is 5.38. The average Bonchev–Trinajstić information content (AvgIpc) is 3.00. The molecule has 0 heterocycles. The van der Waals surface area contributed by atoms with Crippen LogP contribution in [0.2, 0.25) is 0 Å². The summed E-state index contributed by atoms with van der Waals surface area (Å²) in [6.45, 7) is 15.4. The monoisotopic (exact) mass is 416 g/mol. The van der Waals surface area contributed by atoms with E-state index in [0.717, 1.165) is 18.4 Å². The molecule has 170 valence electrons. The van der Waals surface area contributed by atoms with E-state index in [2.05, 4.69) is 39.5 Å². The van der Waals surface area contributed by atoms with Gasteiger partial charge in [0, 0.05) is 6.61 Å². The van der Waals surface area contributed by atoms with E-state index in [1.807, 2.05) is 13.8 Å². The van der Waals surface area contributed by atoms with Crippen molar-refractivity contribution in [3.8, 4) is 0 Å². The van der Waals surface area contributed by atoms with Crippen LogP contribution < -0.4 is 0 Å². The van der Waals surface area contributed by atoms with Crippen molar-refractivity contribution in [2.45, 2.75) is 104 Å². The van der Waals surface area contributed by atoms with E-state index in [9.17, 15) is 10.2 Å². The fourth-order valence-corrected chi connectivity index (χ4v) is 6.37. The Morgan fingerprint density at radius 1 is 1.30 bits per heavy atom. The molecular weight excluding hydrogens is 372 g/mol. The van der Waals surface area contributed by atoms with Gasteiger partial charge in [-0.2, -0.15) is 0 Å². The third kappa shape index (κ3) is 5.29. The van der Waals surface area contributed by atoms with Gasteiger partial charge in [0.15, 0.2) is 0 Å². The lowest BCUT2D eigenvalue weighted by Crippen LogP contribution is -2.39. The molecule has 0 aromatic heterocycles. The Morgan fingerprint density at radius 2 is 2.03 bits per heavy atom. The highest BCUT2D eigenvalue weighted by atomic mass is 16.5. The van der Waals surface area contributed by atoms with E-state index in [0.29, 0.717) is 36.2 Å². The van der Waals surface area contributed by atoms with Gasteiger partial charge in [-0.25, -0.2) is 0 Å². The van der Waals surface area contributed by atoms with Crippen LogP contribution in [0.25, 0.3) is 0 Å². The number of rotatable bonds is 6. The Bertz CT molecular complexity index is 683. The molecule has 0 aromatic carbocycles. The van der Waals surface area contributed by atoms with E-state index >= 15 is 0 Å². The summed E-state index contributed by atoms with van der Waals surface area (Å²) in [4.78, 5) is 0. The molecule has 3 aliphatic rings. The maximum Gasteiger partial charge on any atom is 0.0789 e. The van der Waals surface area contributed by atoms with Crippen LogP contribution in [0.4, 0.5) is 0 Å². The number of ether oxygens (including phenoxy) is 1.